The highest BCUT2D eigenvalue weighted by molar-refractivity contribution is 6.00. The minimum absolute atomic E-state index is 0.0830. The zero-order valence-electron chi connectivity index (χ0n) is 15.9. The van der Waals surface area contributed by atoms with Crippen molar-refractivity contribution in [2.45, 2.75) is 12.6 Å². The van der Waals surface area contributed by atoms with E-state index < -0.39 is 6.04 Å². The van der Waals surface area contributed by atoms with Gasteiger partial charge in [-0.3, -0.25) is 14.9 Å². The van der Waals surface area contributed by atoms with Crippen LogP contribution in [0.2, 0.25) is 0 Å². The standard InChI is InChI=1S/C23H18N4O3/c28-16-7-3-6-15(11-16)22-19-20(17-8-1-2-9-18(17)29)25-26-21(19)23(30)27(22)13-14-5-4-10-24-12-14/h1-12,22,28-29H,13H2,(H,25,26). The first-order valence-electron chi connectivity index (χ1n) is 9.49. The number of phenols is 2. The third-order valence-electron chi connectivity index (χ3n) is 5.28. The Kier molecular flexibility index (Phi) is 4.21. The van der Waals surface area contributed by atoms with Crippen molar-refractivity contribution in [1.29, 1.82) is 0 Å². The summed E-state index contributed by atoms with van der Waals surface area (Å²) < 4.78 is 0. The molecule has 4 aromatic rings. The molecule has 0 saturated carbocycles. The Morgan fingerprint density at radius 2 is 1.90 bits per heavy atom. The molecule has 1 atom stereocenters. The van der Waals surface area contributed by atoms with Gasteiger partial charge < -0.3 is 15.1 Å². The number of hydrogen-bond acceptors (Lipinski definition) is 5. The normalized spacial score (nSPS) is 15.4. The molecule has 2 aromatic carbocycles. The van der Waals surface area contributed by atoms with Gasteiger partial charge in [-0.1, -0.05) is 30.3 Å². The van der Waals surface area contributed by atoms with Gasteiger partial charge in [-0.2, -0.15) is 5.10 Å². The maximum atomic E-state index is 13.3. The molecular formula is C23H18N4O3. The first kappa shape index (κ1) is 17.9. The van der Waals surface area contributed by atoms with Crippen molar-refractivity contribution in [2.75, 3.05) is 0 Å². The number of carbonyl (C=O) groups excluding carboxylic acids is 1. The minimum atomic E-state index is -0.479. The van der Waals surface area contributed by atoms with E-state index in [1.54, 1.807) is 53.7 Å². The van der Waals surface area contributed by atoms with Crippen LogP contribution >= 0.6 is 0 Å². The molecule has 0 fully saturated rings. The number of benzene rings is 2. The topological polar surface area (TPSA) is 102 Å². The van der Waals surface area contributed by atoms with Crippen LogP contribution in [0, 0.1) is 0 Å². The average molecular weight is 398 g/mol. The van der Waals surface area contributed by atoms with E-state index in [-0.39, 0.29) is 17.4 Å². The van der Waals surface area contributed by atoms with E-state index in [2.05, 4.69) is 15.2 Å². The van der Waals surface area contributed by atoms with Gasteiger partial charge in [0, 0.05) is 30.1 Å². The van der Waals surface area contributed by atoms with E-state index in [1.807, 2.05) is 24.3 Å². The van der Waals surface area contributed by atoms with Gasteiger partial charge in [-0.25, -0.2) is 0 Å². The van der Waals surface area contributed by atoms with E-state index >= 15 is 0 Å². The molecule has 1 amide bonds. The molecule has 3 N–H and O–H groups in total. The Morgan fingerprint density at radius 1 is 1.03 bits per heavy atom. The summed E-state index contributed by atoms with van der Waals surface area (Å²) in [5.74, 6) is -0.00156. The summed E-state index contributed by atoms with van der Waals surface area (Å²) in [6, 6.07) is 17.0. The second kappa shape index (κ2) is 7.04. The number of H-pyrrole nitrogens is 1. The predicted molar refractivity (Wildman–Crippen MR) is 110 cm³/mol. The number of hydrogen-bond donors (Lipinski definition) is 3. The average Bonchev–Trinajstić information content (AvgIpc) is 3.29. The van der Waals surface area contributed by atoms with Crippen molar-refractivity contribution in [3.63, 3.8) is 0 Å². The van der Waals surface area contributed by atoms with Crippen molar-refractivity contribution in [3.8, 4) is 22.8 Å². The second-order valence-electron chi connectivity index (χ2n) is 7.17. The van der Waals surface area contributed by atoms with Crippen molar-refractivity contribution in [1.82, 2.24) is 20.1 Å². The number of nitrogens with one attached hydrogen (secondary N) is 1. The highest BCUT2D eigenvalue weighted by Crippen LogP contribution is 2.45. The molecule has 7 nitrogen and oxygen atoms in total. The number of para-hydroxylation sites is 1. The lowest BCUT2D eigenvalue weighted by Gasteiger charge is -2.26. The van der Waals surface area contributed by atoms with Gasteiger partial charge in [0.05, 0.1) is 6.04 Å². The first-order valence-corrected chi connectivity index (χ1v) is 9.49. The van der Waals surface area contributed by atoms with Gasteiger partial charge in [0.2, 0.25) is 0 Å². The zero-order chi connectivity index (χ0) is 20.7. The molecule has 7 heteroatoms. The number of rotatable bonds is 4. The smallest absolute Gasteiger partial charge is 0.273 e. The van der Waals surface area contributed by atoms with Gasteiger partial charge in [0.15, 0.2) is 0 Å². The van der Waals surface area contributed by atoms with Crippen LogP contribution in [0.5, 0.6) is 11.5 Å². The fraction of sp³-hybridized carbons (Fsp3) is 0.0870. The Bertz CT molecular complexity index is 1240. The molecule has 1 aliphatic heterocycles. The third-order valence-corrected chi connectivity index (χ3v) is 5.28. The predicted octanol–water partition coefficient (Wildman–Crippen LogP) is 3.63. The van der Waals surface area contributed by atoms with Gasteiger partial charge in [0.25, 0.3) is 5.91 Å². The molecule has 3 heterocycles. The fourth-order valence-corrected chi connectivity index (χ4v) is 3.97. The van der Waals surface area contributed by atoms with Crippen molar-refractivity contribution >= 4 is 5.91 Å². The number of phenolic OH excluding ortho intramolecular Hbond substituents is 2. The summed E-state index contributed by atoms with van der Waals surface area (Å²) in [7, 11) is 0. The van der Waals surface area contributed by atoms with Crippen LogP contribution in [-0.4, -0.2) is 36.2 Å². The number of nitrogens with zero attached hydrogens (tertiary/aromatic N) is 3. The quantitative estimate of drug-likeness (QED) is 0.487. The molecule has 0 aliphatic carbocycles. The molecule has 0 bridgehead atoms. The third kappa shape index (κ3) is 2.88. The summed E-state index contributed by atoms with van der Waals surface area (Å²) in [6.45, 7) is 0.343. The van der Waals surface area contributed by atoms with Crippen LogP contribution < -0.4 is 0 Å². The molecule has 148 valence electrons. The van der Waals surface area contributed by atoms with Crippen LogP contribution in [-0.2, 0) is 6.54 Å². The number of carbonyl (C=O) groups is 1. The van der Waals surface area contributed by atoms with Gasteiger partial charge in [-0.05, 0) is 41.5 Å². The molecule has 5 rings (SSSR count). The molecule has 0 saturated heterocycles. The SMILES string of the molecule is O=C1c2[nH]nc(-c3ccccc3O)c2C(c2cccc(O)c2)N1Cc1cccnc1. The maximum absolute atomic E-state index is 13.3. The lowest BCUT2D eigenvalue weighted by molar-refractivity contribution is 0.0729. The highest BCUT2D eigenvalue weighted by Gasteiger charge is 2.42. The number of aromatic nitrogens is 3. The zero-order valence-corrected chi connectivity index (χ0v) is 15.9. The Labute approximate surface area is 172 Å². The lowest BCUT2D eigenvalue weighted by atomic mass is 9.95. The van der Waals surface area contributed by atoms with E-state index in [9.17, 15) is 15.0 Å². The van der Waals surface area contributed by atoms with E-state index in [1.165, 1.54) is 0 Å². The molecule has 30 heavy (non-hydrogen) atoms. The molecule has 1 aliphatic rings. The molecule has 0 radical (unpaired) electrons. The van der Waals surface area contributed by atoms with E-state index in [0.717, 1.165) is 11.1 Å². The van der Waals surface area contributed by atoms with Gasteiger partial charge in [-0.15, -0.1) is 0 Å². The van der Waals surface area contributed by atoms with Gasteiger partial charge in [0.1, 0.15) is 22.9 Å². The fourth-order valence-electron chi connectivity index (χ4n) is 3.97. The second-order valence-corrected chi connectivity index (χ2v) is 7.17. The summed E-state index contributed by atoms with van der Waals surface area (Å²) in [6.07, 6.45) is 3.41. The number of pyridine rings is 1. The molecular weight excluding hydrogens is 380 g/mol. The number of amides is 1. The van der Waals surface area contributed by atoms with Crippen molar-refractivity contribution < 1.29 is 15.0 Å². The van der Waals surface area contributed by atoms with Gasteiger partial charge >= 0.3 is 0 Å². The highest BCUT2D eigenvalue weighted by atomic mass is 16.3. The van der Waals surface area contributed by atoms with Crippen LogP contribution in [0.25, 0.3) is 11.3 Å². The number of aromatic hydroxyl groups is 2. The first-order chi connectivity index (χ1) is 14.6. The summed E-state index contributed by atoms with van der Waals surface area (Å²) >= 11 is 0. The Hall–Kier alpha value is -4.13. The minimum Gasteiger partial charge on any atom is -0.508 e. The van der Waals surface area contributed by atoms with Crippen LogP contribution in [0.3, 0.4) is 0 Å². The van der Waals surface area contributed by atoms with Crippen LogP contribution in [0.15, 0.2) is 73.1 Å². The Morgan fingerprint density at radius 3 is 2.67 bits per heavy atom. The van der Waals surface area contributed by atoms with Crippen LogP contribution in [0.1, 0.15) is 33.2 Å². The number of aromatic amines is 1. The largest absolute Gasteiger partial charge is 0.508 e. The van der Waals surface area contributed by atoms with Crippen molar-refractivity contribution in [3.05, 3.63) is 95.4 Å². The van der Waals surface area contributed by atoms with E-state index in [4.69, 9.17) is 0 Å². The molecule has 0 spiro atoms. The summed E-state index contributed by atoms with van der Waals surface area (Å²) in [4.78, 5) is 19.2. The monoisotopic (exact) mass is 398 g/mol. The van der Waals surface area contributed by atoms with Crippen molar-refractivity contribution in [2.24, 2.45) is 0 Å². The summed E-state index contributed by atoms with van der Waals surface area (Å²) in [5.41, 5.74) is 3.75. The number of fused-ring (bicyclic) bond motifs is 1. The maximum Gasteiger partial charge on any atom is 0.273 e. The van der Waals surface area contributed by atoms with Crippen LogP contribution in [0.4, 0.5) is 0 Å². The summed E-state index contributed by atoms with van der Waals surface area (Å²) in [5, 5.41) is 27.7. The van der Waals surface area contributed by atoms with E-state index in [0.29, 0.717) is 29.1 Å². The molecule has 1 unspecified atom stereocenters. The lowest BCUT2D eigenvalue weighted by Crippen LogP contribution is -2.29. The molecule has 2 aromatic heterocycles. The Balaban J connectivity index is 1.68.